The normalized spacial score (nSPS) is 39.2. The minimum Gasteiger partial charge on any atom is -0.455 e. The van der Waals surface area contributed by atoms with Gasteiger partial charge in [0.15, 0.2) is 0 Å². The van der Waals surface area contributed by atoms with E-state index in [4.69, 9.17) is 14.2 Å². The smallest absolute Gasteiger partial charge is 0.407 e. The lowest BCUT2D eigenvalue weighted by Crippen LogP contribution is -2.34. The topological polar surface area (TPSA) is 77.2 Å². The average molecular weight is 361 g/mol. The predicted octanol–water partition coefficient (Wildman–Crippen LogP) is 3.04. The van der Waals surface area contributed by atoms with Crippen molar-refractivity contribution in [2.45, 2.75) is 63.4 Å². The predicted molar refractivity (Wildman–Crippen MR) is 96.5 cm³/mol. The highest BCUT2D eigenvalue weighted by molar-refractivity contribution is 5.91. The quantitative estimate of drug-likeness (QED) is 0.336. The van der Waals surface area contributed by atoms with Crippen LogP contribution in [-0.4, -0.2) is 42.5 Å². The van der Waals surface area contributed by atoms with Crippen LogP contribution in [0.15, 0.2) is 36.5 Å². The fraction of sp³-hybridized carbons (Fsp3) is 0.600. The second-order valence-corrected chi connectivity index (χ2v) is 7.55. The van der Waals surface area contributed by atoms with Crippen molar-refractivity contribution in [3.63, 3.8) is 0 Å². The van der Waals surface area contributed by atoms with Gasteiger partial charge in [-0.15, -0.1) is 0 Å². The van der Waals surface area contributed by atoms with Gasteiger partial charge in [0.25, 0.3) is 0 Å². The van der Waals surface area contributed by atoms with Crippen molar-refractivity contribution in [2.24, 2.45) is 5.92 Å². The lowest BCUT2D eigenvalue weighted by atomic mass is 9.84. The van der Waals surface area contributed by atoms with Gasteiger partial charge in [-0.05, 0) is 45.1 Å². The fourth-order valence-electron chi connectivity index (χ4n) is 3.67. The Kier molecular flexibility index (Phi) is 5.23. The number of nitrogens with one attached hydrogen (secondary N) is 1. The third kappa shape index (κ3) is 3.85. The van der Waals surface area contributed by atoms with E-state index in [2.05, 4.69) is 24.6 Å². The summed E-state index contributed by atoms with van der Waals surface area (Å²) in [5.74, 6) is -0.659. The van der Waals surface area contributed by atoms with Gasteiger partial charge in [-0.2, -0.15) is 0 Å². The molecule has 0 bridgehead atoms. The van der Waals surface area contributed by atoms with Crippen molar-refractivity contribution >= 4 is 12.1 Å². The molecule has 0 aromatic carbocycles. The maximum Gasteiger partial charge on any atom is 0.407 e. The van der Waals surface area contributed by atoms with Gasteiger partial charge in [0, 0.05) is 18.0 Å². The number of carbonyl (C=O) groups is 2. The fourth-order valence-corrected chi connectivity index (χ4v) is 3.67. The highest BCUT2D eigenvalue weighted by Gasteiger charge is 2.61. The Bertz CT molecular complexity index is 655. The molecule has 0 aromatic rings. The molecule has 5 atom stereocenters. The Balaban J connectivity index is 1.83. The number of epoxide rings is 1. The maximum atomic E-state index is 12.1. The van der Waals surface area contributed by atoms with Crippen LogP contribution in [0.2, 0.25) is 0 Å². The number of ether oxygens (including phenoxy) is 3. The number of hydrogen-bond donors (Lipinski definition) is 1. The van der Waals surface area contributed by atoms with E-state index in [1.165, 1.54) is 0 Å². The third-order valence-electron chi connectivity index (χ3n) is 5.41. The van der Waals surface area contributed by atoms with Crippen LogP contribution in [0.25, 0.3) is 0 Å². The molecule has 0 aromatic heterocycles. The van der Waals surface area contributed by atoms with Crippen LogP contribution < -0.4 is 5.32 Å². The molecule has 2 fully saturated rings. The molecule has 26 heavy (non-hydrogen) atoms. The van der Waals surface area contributed by atoms with E-state index in [1.54, 1.807) is 0 Å². The first-order chi connectivity index (χ1) is 12.3. The van der Waals surface area contributed by atoms with Crippen molar-refractivity contribution in [1.82, 2.24) is 5.32 Å². The molecule has 1 amide bonds. The molecule has 2 saturated heterocycles. The first-order valence-electron chi connectivity index (χ1n) is 9.14. The molecule has 0 saturated carbocycles. The summed E-state index contributed by atoms with van der Waals surface area (Å²) >= 11 is 0. The summed E-state index contributed by atoms with van der Waals surface area (Å²) in [6.07, 6.45) is 5.45. The Morgan fingerprint density at radius 2 is 2.00 bits per heavy atom. The number of fused-ring (bicyclic) bond motifs is 3. The van der Waals surface area contributed by atoms with Gasteiger partial charge in [0.1, 0.15) is 18.3 Å². The molecule has 0 radical (unpaired) electrons. The average Bonchev–Trinajstić information content (AvgIpc) is 3.17. The Hall–Kier alpha value is -2.08. The Morgan fingerprint density at radius 3 is 2.73 bits per heavy atom. The van der Waals surface area contributed by atoms with E-state index < -0.39 is 24.3 Å². The lowest BCUT2D eigenvalue weighted by Gasteiger charge is -2.24. The van der Waals surface area contributed by atoms with Gasteiger partial charge in [0.05, 0.1) is 5.60 Å². The van der Waals surface area contributed by atoms with Crippen molar-refractivity contribution in [3.8, 4) is 0 Å². The standard InChI is InChI=1S/C20H27NO5/c1-12(2)15-11-14-13(3)18(22)25-16(14)17-20(4,26-17)9-7-5-6-8-10-21-19(23)24-15/h5-6,14-17H,1,3,7-11H2,2,4H3,(H,21,23)/b6-5-/t14-,15-,16-,17+,20+/m0/s1. The van der Waals surface area contributed by atoms with Crippen LogP contribution in [0, 0.1) is 5.92 Å². The second-order valence-electron chi connectivity index (χ2n) is 7.55. The van der Waals surface area contributed by atoms with Gasteiger partial charge < -0.3 is 19.5 Å². The van der Waals surface area contributed by atoms with Crippen molar-refractivity contribution in [2.75, 3.05) is 6.54 Å². The van der Waals surface area contributed by atoms with Crippen LogP contribution in [0.4, 0.5) is 4.79 Å². The molecular weight excluding hydrogens is 334 g/mol. The molecule has 1 N–H and O–H groups in total. The number of cyclic esters (lactones) is 1. The summed E-state index contributed by atoms with van der Waals surface area (Å²) in [6, 6.07) is 0. The zero-order valence-electron chi connectivity index (χ0n) is 15.5. The number of allylic oxidation sites excluding steroid dienone is 1. The molecule has 0 aliphatic carbocycles. The highest BCUT2D eigenvalue weighted by Crippen LogP contribution is 2.49. The van der Waals surface area contributed by atoms with Crippen LogP contribution >= 0.6 is 0 Å². The number of rotatable bonds is 1. The molecule has 142 valence electrons. The molecule has 3 aliphatic heterocycles. The summed E-state index contributed by atoms with van der Waals surface area (Å²) in [6.45, 7) is 12.2. The summed E-state index contributed by atoms with van der Waals surface area (Å²) in [7, 11) is 0. The van der Waals surface area contributed by atoms with Gasteiger partial charge in [-0.3, -0.25) is 0 Å². The number of alkyl carbamates (subject to hydrolysis) is 1. The minimum absolute atomic E-state index is 0.158. The Morgan fingerprint density at radius 1 is 1.27 bits per heavy atom. The maximum absolute atomic E-state index is 12.1. The largest absolute Gasteiger partial charge is 0.455 e. The van der Waals surface area contributed by atoms with E-state index in [9.17, 15) is 9.59 Å². The molecule has 6 heteroatoms. The summed E-state index contributed by atoms with van der Waals surface area (Å²) < 4.78 is 17.0. The number of esters is 1. The molecule has 6 nitrogen and oxygen atoms in total. The summed E-state index contributed by atoms with van der Waals surface area (Å²) in [5.41, 5.74) is 0.827. The lowest BCUT2D eigenvalue weighted by molar-refractivity contribution is -0.140. The van der Waals surface area contributed by atoms with Gasteiger partial charge >= 0.3 is 12.1 Å². The van der Waals surface area contributed by atoms with Crippen LogP contribution in [-0.2, 0) is 19.0 Å². The summed E-state index contributed by atoms with van der Waals surface area (Å²) in [4.78, 5) is 24.2. The number of amides is 1. The van der Waals surface area contributed by atoms with Gasteiger partial charge in [0.2, 0.25) is 0 Å². The van der Waals surface area contributed by atoms with E-state index in [0.29, 0.717) is 18.5 Å². The second kappa shape index (κ2) is 7.27. The molecule has 0 spiro atoms. The zero-order valence-corrected chi connectivity index (χ0v) is 15.5. The summed E-state index contributed by atoms with van der Waals surface area (Å²) in [5, 5.41) is 2.74. The minimum atomic E-state index is -0.514. The zero-order chi connectivity index (χ0) is 18.9. The Labute approximate surface area is 154 Å². The highest BCUT2D eigenvalue weighted by atomic mass is 16.6. The number of carbonyl (C=O) groups excluding carboxylic acids is 2. The van der Waals surface area contributed by atoms with E-state index in [-0.39, 0.29) is 17.6 Å². The SMILES string of the molecule is C=C(C)[C@@H]1C[C@H]2C(=C)C(=O)O[C@@H]2[C@H]2O[C@]2(C)CC/C=C\CCNC(=O)O1. The van der Waals surface area contributed by atoms with Crippen LogP contribution in [0.1, 0.15) is 39.5 Å². The molecule has 3 aliphatic rings. The van der Waals surface area contributed by atoms with Crippen molar-refractivity contribution in [1.29, 1.82) is 0 Å². The first-order valence-corrected chi connectivity index (χ1v) is 9.14. The van der Waals surface area contributed by atoms with Crippen LogP contribution in [0.5, 0.6) is 0 Å². The molecular formula is C20H27NO5. The van der Waals surface area contributed by atoms with E-state index in [0.717, 1.165) is 24.8 Å². The first kappa shape index (κ1) is 18.7. The molecule has 3 rings (SSSR count). The van der Waals surface area contributed by atoms with Gasteiger partial charge in [-0.1, -0.05) is 25.3 Å². The van der Waals surface area contributed by atoms with Crippen molar-refractivity contribution < 1.29 is 23.8 Å². The van der Waals surface area contributed by atoms with Crippen LogP contribution in [0.3, 0.4) is 0 Å². The molecule has 0 unspecified atom stereocenters. The van der Waals surface area contributed by atoms with E-state index >= 15 is 0 Å². The van der Waals surface area contributed by atoms with Crippen molar-refractivity contribution in [3.05, 3.63) is 36.5 Å². The number of hydrogen-bond acceptors (Lipinski definition) is 5. The third-order valence-corrected chi connectivity index (χ3v) is 5.41. The monoisotopic (exact) mass is 361 g/mol. The molecule has 3 heterocycles. The van der Waals surface area contributed by atoms with E-state index in [1.807, 2.05) is 19.9 Å². The van der Waals surface area contributed by atoms with Gasteiger partial charge in [-0.25, -0.2) is 9.59 Å².